The number of amides is 2. The molecule has 0 radical (unpaired) electrons. The van der Waals surface area contributed by atoms with Crippen LogP contribution in [0.25, 0.3) is 0 Å². The molecule has 1 saturated heterocycles. The maximum atomic E-state index is 12.1. The molecule has 2 amide bonds. The van der Waals surface area contributed by atoms with Crippen LogP contribution in [-0.2, 0) is 14.3 Å². The number of methoxy groups -OCH3 is 1. The van der Waals surface area contributed by atoms with E-state index in [9.17, 15) is 14.7 Å². The van der Waals surface area contributed by atoms with Crippen molar-refractivity contribution in [2.24, 2.45) is 5.92 Å². The summed E-state index contributed by atoms with van der Waals surface area (Å²) in [5.74, 6) is -0.334. The summed E-state index contributed by atoms with van der Waals surface area (Å²) in [5, 5.41) is 12.8. The number of hydrogen-bond donors (Lipinski definition) is 2. The molecule has 1 saturated carbocycles. The highest BCUT2D eigenvalue weighted by atomic mass is 16.5. The summed E-state index contributed by atoms with van der Waals surface area (Å²) in [6.07, 6.45) is 2.88. The molecule has 0 bridgehead atoms. The fourth-order valence-corrected chi connectivity index (χ4v) is 2.48. The molecule has 6 nitrogen and oxygen atoms in total. The average Bonchev–Trinajstić information content (AvgIpc) is 3.17. The van der Waals surface area contributed by atoms with Crippen molar-refractivity contribution in [3.8, 4) is 0 Å². The van der Waals surface area contributed by atoms with Gasteiger partial charge in [-0.3, -0.25) is 9.59 Å². The van der Waals surface area contributed by atoms with Crippen LogP contribution >= 0.6 is 0 Å². The Balaban J connectivity index is 1.76. The monoisotopic (exact) mass is 284 g/mol. The fourth-order valence-electron chi connectivity index (χ4n) is 2.48. The van der Waals surface area contributed by atoms with E-state index in [1.807, 2.05) is 4.90 Å². The molecular weight excluding hydrogens is 260 g/mol. The Kier molecular flexibility index (Phi) is 4.65. The molecule has 6 heteroatoms. The van der Waals surface area contributed by atoms with E-state index in [1.54, 1.807) is 14.0 Å². The van der Waals surface area contributed by atoms with Gasteiger partial charge < -0.3 is 20.1 Å². The van der Waals surface area contributed by atoms with Crippen molar-refractivity contribution in [1.82, 2.24) is 10.2 Å². The lowest BCUT2D eigenvalue weighted by Gasteiger charge is -2.24. The van der Waals surface area contributed by atoms with Gasteiger partial charge in [0.05, 0.1) is 11.5 Å². The molecule has 1 aliphatic heterocycles. The summed E-state index contributed by atoms with van der Waals surface area (Å²) < 4.78 is 4.92. The first-order valence-corrected chi connectivity index (χ1v) is 7.21. The topological polar surface area (TPSA) is 78.9 Å². The van der Waals surface area contributed by atoms with Crippen molar-refractivity contribution in [1.29, 1.82) is 0 Å². The van der Waals surface area contributed by atoms with Gasteiger partial charge in [0, 0.05) is 45.7 Å². The van der Waals surface area contributed by atoms with E-state index >= 15 is 0 Å². The van der Waals surface area contributed by atoms with Crippen LogP contribution in [-0.4, -0.2) is 60.3 Å². The van der Waals surface area contributed by atoms with Crippen molar-refractivity contribution in [2.75, 3.05) is 26.8 Å². The molecule has 0 spiro atoms. The third kappa shape index (κ3) is 3.93. The summed E-state index contributed by atoms with van der Waals surface area (Å²) in [4.78, 5) is 25.7. The molecule has 0 aromatic carbocycles. The second kappa shape index (κ2) is 6.10. The Morgan fingerprint density at radius 3 is 2.85 bits per heavy atom. The number of ether oxygens (including phenoxy) is 1. The number of aliphatic hydroxyl groups is 1. The predicted octanol–water partition coefficient (Wildman–Crippen LogP) is -0.0990. The molecule has 2 aliphatic rings. The van der Waals surface area contributed by atoms with Gasteiger partial charge in [0.15, 0.2) is 0 Å². The molecule has 2 fully saturated rings. The highest BCUT2D eigenvalue weighted by Gasteiger charge is 2.41. The van der Waals surface area contributed by atoms with Crippen LogP contribution in [0.4, 0.5) is 0 Å². The van der Waals surface area contributed by atoms with E-state index < -0.39 is 5.60 Å². The Labute approximate surface area is 119 Å². The van der Waals surface area contributed by atoms with Gasteiger partial charge in [-0.15, -0.1) is 0 Å². The van der Waals surface area contributed by atoms with Crippen molar-refractivity contribution in [3.05, 3.63) is 0 Å². The van der Waals surface area contributed by atoms with Gasteiger partial charge in [0.2, 0.25) is 11.8 Å². The Bertz CT molecular complexity index is 379. The number of hydrogen-bond acceptors (Lipinski definition) is 4. The van der Waals surface area contributed by atoms with Crippen molar-refractivity contribution in [2.45, 2.75) is 44.2 Å². The number of carbonyl (C=O) groups excluding carboxylic acids is 2. The van der Waals surface area contributed by atoms with Gasteiger partial charge in [0.1, 0.15) is 0 Å². The SMILES string of the molecule is COCCC(C)(O)CNC(=O)C1CC(=O)N(C2CC2)C1. The molecule has 0 aromatic rings. The number of nitrogens with one attached hydrogen (secondary N) is 1. The van der Waals surface area contributed by atoms with Gasteiger partial charge >= 0.3 is 0 Å². The van der Waals surface area contributed by atoms with Crippen LogP contribution in [0.2, 0.25) is 0 Å². The maximum Gasteiger partial charge on any atom is 0.225 e. The molecule has 2 atom stereocenters. The van der Waals surface area contributed by atoms with Gasteiger partial charge in [-0.1, -0.05) is 0 Å². The highest BCUT2D eigenvalue weighted by molar-refractivity contribution is 5.89. The molecule has 2 unspecified atom stereocenters. The number of carbonyl (C=O) groups is 2. The van der Waals surface area contributed by atoms with Gasteiger partial charge in [0.25, 0.3) is 0 Å². The summed E-state index contributed by atoms with van der Waals surface area (Å²) >= 11 is 0. The second-order valence-electron chi connectivity index (χ2n) is 6.14. The normalized spacial score (nSPS) is 25.6. The predicted molar refractivity (Wildman–Crippen MR) is 73.0 cm³/mol. The molecule has 1 aliphatic carbocycles. The third-order valence-corrected chi connectivity index (χ3v) is 4.01. The maximum absolute atomic E-state index is 12.1. The third-order valence-electron chi connectivity index (χ3n) is 4.01. The van der Waals surface area contributed by atoms with E-state index in [4.69, 9.17) is 4.74 Å². The van der Waals surface area contributed by atoms with Crippen molar-refractivity contribution >= 4 is 11.8 Å². The molecule has 114 valence electrons. The van der Waals surface area contributed by atoms with E-state index in [1.165, 1.54) is 0 Å². The lowest BCUT2D eigenvalue weighted by atomic mass is 10.0. The first kappa shape index (κ1) is 15.3. The Morgan fingerprint density at radius 1 is 1.55 bits per heavy atom. The number of nitrogens with zero attached hydrogens (tertiary/aromatic N) is 1. The average molecular weight is 284 g/mol. The van der Waals surface area contributed by atoms with Crippen LogP contribution in [0, 0.1) is 5.92 Å². The lowest BCUT2D eigenvalue weighted by molar-refractivity contribution is -0.129. The van der Waals surface area contributed by atoms with Crippen LogP contribution < -0.4 is 5.32 Å². The molecule has 1 heterocycles. The van der Waals surface area contributed by atoms with Crippen molar-refractivity contribution in [3.63, 3.8) is 0 Å². The molecule has 2 N–H and O–H groups in total. The van der Waals surface area contributed by atoms with Crippen LogP contribution in [0.3, 0.4) is 0 Å². The number of rotatable bonds is 7. The van der Waals surface area contributed by atoms with Crippen LogP contribution in [0.15, 0.2) is 0 Å². The molecule has 0 aromatic heterocycles. The molecular formula is C14H24N2O4. The lowest BCUT2D eigenvalue weighted by Crippen LogP contribution is -2.44. The van der Waals surface area contributed by atoms with E-state index in [0.29, 0.717) is 32.0 Å². The van der Waals surface area contributed by atoms with Gasteiger partial charge in [-0.2, -0.15) is 0 Å². The number of likely N-dealkylation sites (tertiary alicyclic amines) is 1. The zero-order chi connectivity index (χ0) is 14.8. The van der Waals surface area contributed by atoms with Crippen LogP contribution in [0.5, 0.6) is 0 Å². The minimum absolute atomic E-state index is 0.0822. The quantitative estimate of drug-likeness (QED) is 0.684. The van der Waals surface area contributed by atoms with Gasteiger partial charge in [-0.25, -0.2) is 0 Å². The summed E-state index contributed by atoms with van der Waals surface area (Å²) in [7, 11) is 1.57. The minimum atomic E-state index is -0.982. The Hall–Kier alpha value is -1.14. The smallest absolute Gasteiger partial charge is 0.225 e. The first-order chi connectivity index (χ1) is 9.43. The van der Waals surface area contributed by atoms with E-state index in [0.717, 1.165) is 12.8 Å². The van der Waals surface area contributed by atoms with E-state index in [-0.39, 0.29) is 24.3 Å². The minimum Gasteiger partial charge on any atom is -0.388 e. The summed E-state index contributed by atoms with van der Waals surface area (Å²) in [6, 6.07) is 0.366. The standard InChI is InChI=1S/C14H24N2O4/c1-14(19,5-6-20-2)9-15-13(18)10-7-12(17)16(8-10)11-3-4-11/h10-11,19H,3-9H2,1-2H3,(H,15,18). The highest BCUT2D eigenvalue weighted by Crippen LogP contribution is 2.32. The summed E-state index contributed by atoms with van der Waals surface area (Å²) in [5.41, 5.74) is -0.982. The molecule has 20 heavy (non-hydrogen) atoms. The zero-order valence-corrected chi connectivity index (χ0v) is 12.2. The van der Waals surface area contributed by atoms with Crippen LogP contribution in [0.1, 0.15) is 32.6 Å². The molecule has 2 rings (SSSR count). The largest absolute Gasteiger partial charge is 0.388 e. The zero-order valence-electron chi connectivity index (χ0n) is 12.2. The fraction of sp³-hybridized carbons (Fsp3) is 0.857. The van der Waals surface area contributed by atoms with Crippen molar-refractivity contribution < 1.29 is 19.4 Å². The van der Waals surface area contributed by atoms with Gasteiger partial charge in [-0.05, 0) is 19.8 Å². The summed E-state index contributed by atoms with van der Waals surface area (Å²) in [6.45, 7) is 2.82. The van der Waals surface area contributed by atoms with E-state index in [2.05, 4.69) is 5.32 Å². The second-order valence-corrected chi connectivity index (χ2v) is 6.14. The first-order valence-electron chi connectivity index (χ1n) is 7.21. The Morgan fingerprint density at radius 2 is 2.25 bits per heavy atom.